The van der Waals surface area contributed by atoms with Crippen LogP contribution in [0.1, 0.15) is 13.8 Å². The Kier molecular flexibility index (Phi) is 4.47. The molecule has 4 nitrogen and oxygen atoms in total. The third-order valence-corrected chi connectivity index (χ3v) is 2.88. The first kappa shape index (κ1) is 12.8. The number of hydrogen-bond donors (Lipinski definition) is 1. The first-order valence-corrected chi connectivity index (χ1v) is 6.61. The first-order chi connectivity index (χ1) is 8.93. The van der Waals surface area contributed by atoms with E-state index in [4.69, 9.17) is 0 Å². The molecule has 96 valence electrons. The van der Waals surface area contributed by atoms with Gasteiger partial charge in [-0.15, -0.1) is 0 Å². The molecule has 1 aliphatic rings. The topological polar surface area (TPSA) is 41.1 Å². The Bertz CT molecular complexity index is 492. The molecule has 0 radical (unpaired) electrons. The molecule has 18 heavy (non-hydrogen) atoms. The van der Waals surface area contributed by atoms with Crippen LogP contribution in [0.25, 0.3) is 11.0 Å². The molecule has 3 rings (SSSR count). The Morgan fingerprint density at radius 3 is 2.44 bits per heavy atom. The summed E-state index contributed by atoms with van der Waals surface area (Å²) in [6.07, 6.45) is 1.87. The van der Waals surface area contributed by atoms with Gasteiger partial charge in [0.2, 0.25) is 0 Å². The molecule has 2 heterocycles. The maximum absolute atomic E-state index is 4.63. The third-order valence-electron chi connectivity index (χ3n) is 2.88. The Hall–Kier alpha value is -1.68. The molecule has 4 heteroatoms. The molecule has 1 N–H and O–H groups in total. The molecular formula is C14H20N4. The van der Waals surface area contributed by atoms with Gasteiger partial charge in [0.25, 0.3) is 0 Å². The van der Waals surface area contributed by atoms with Gasteiger partial charge < -0.3 is 10.2 Å². The number of piperazine rings is 1. The van der Waals surface area contributed by atoms with E-state index in [0.29, 0.717) is 0 Å². The molecule has 1 aromatic carbocycles. The molecule has 1 fully saturated rings. The van der Waals surface area contributed by atoms with Crippen LogP contribution in [-0.2, 0) is 0 Å². The van der Waals surface area contributed by atoms with Gasteiger partial charge in [0, 0.05) is 26.2 Å². The zero-order valence-corrected chi connectivity index (χ0v) is 11.1. The number of nitrogens with zero attached hydrogens (tertiary/aromatic N) is 3. The van der Waals surface area contributed by atoms with Gasteiger partial charge in [-0.3, -0.25) is 4.98 Å². The lowest BCUT2D eigenvalue weighted by molar-refractivity contribution is 0.585. The number of rotatable bonds is 1. The summed E-state index contributed by atoms with van der Waals surface area (Å²) in [7, 11) is 0. The minimum atomic E-state index is 0.960. The van der Waals surface area contributed by atoms with Crippen molar-refractivity contribution < 1.29 is 0 Å². The monoisotopic (exact) mass is 244 g/mol. The summed E-state index contributed by atoms with van der Waals surface area (Å²) >= 11 is 0. The van der Waals surface area contributed by atoms with E-state index < -0.39 is 0 Å². The Morgan fingerprint density at radius 1 is 1.06 bits per heavy atom. The van der Waals surface area contributed by atoms with Gasteiger partial charge in [-0.2, -0.15) is 0 Å². The molecular weight excluding hydrogens is 224 g/mol. The summed E-state index contributed by atoms with van der Waals surface area (Å²) in [5, 5.41) is 3.33. The second kappa shape index (κ2) is 6.31. The SMILES string of the molecule is CC.c1ccc2nc(N3CCNCC3)cnc2c1. The molecule has 0 spiro atoms. The highest BCUT2D eigenvalue weighted by molar-refractivity contribution is 5.75. The Balaban J connectivity index is 0.000000574. The average molecular weight is 244 g/mol. The number of para-hydroxylation sites is 2. The number of anilines is 1. The largest absolute Gasteiger partial charge is 0.353 e. The molecule has 1 saturated heterocycles. The third kappa shape index (κ3) is 2.76. The van der Waals surface area contributed by atoms with E-state index in [0.717, 1.165) is 43.0 Å². The molecule has 0 aliphatic carbocycles. The van der Waals surface area contributed by atoms with Gasteiger partial charge >= 0.3 is 0 Å². The molecule has 0 bridgehead atoms. The second-order valence-electron chi connectivity index (χ2n) is 3.95. The predicted molar refractivity (Wildman–Crippen MR) is 76.0 cm³/mol. The van der Waals surface area contributed by atoms with Crippen LogP contribution in [0.2, 0.25) is 0 Å². The van der Waals surface area contributed by atoms with Gasteiger partial charge in [0.1, 0.15) is 5.82 Å². The summed E-state index contributed by atoms with van der Waals surface area (Å²) in [4.78, 5) is 11.3. The maximum atomic E-state index is 4.63. The van der Waals surface area contributed by atoms with Crippen molar-refractivity contribution in [1.82, 2.24) is 15.3 Å². The van der Waals surface area contributed by atoms with E-state index in [-0.39, 0.29) is 0 Å². The highest BCUT2D eigenvalue weighted by Gasteiger charge is 2.12. The lowest BCUT2D eigenvalue weighted by atomic mass is 10.3. The molecule has 2 aromatic rings. The molecule has 0 atom stereocenters. The summed E-state index contributed by atoms with van der Waals surface area (Å²) < 4.78 is 0. The van der Waals surface area contributed by atoms with Crippen LogP contribution in [0.15, 0.2) is 30.5 Å². The van der Waals surface area contributed by atoms with Crippen LogP contribution in [-0.4, -0.2) is 36.1 Å². The normalized spacial score (nSPS) is 15.1. The predicted octanol–water partition coefficient (Wildman–Crippen LogP) is 2.07. The van der Waals surface area contributed by atoms with Crippen molar-refractivity contribution in [2.45, 2.75) is 13.8 Å². The molecule has 1 aromatic heterocycles. The van der Waals surface area contributed by atoms with Crippen molar-refractivity contribution in [3.8, 4) is 0 Å². The Labute approximate surface area is 108 Å². The smallest absolute Gasteiger partial charge is 0.147 e. The number of aromatic nitrogens is 2. The van der Waals surface area contributed by atoms with E-state index in [1.807, 2.05) is 44.3 Å². The summed E-state index contributed by atoms with van der Waals surface area (Å²) in [6.45, 7) is 8.06. The van der Waals surface area contributed by atoms with Crippen LogP contribution >= 0.6 is 0 Å². The van der Waals surface area contributed by atoms with Crippen molar-refractivity contribution in [1.29, 1.82) is 0 Å². The van der Waals surface area contributed by atoms with E-state index in [2.05, 4.69) is 20.2 Å². The molecule has 1 aliphatic heterocycles. The Morgan fingerprint density at radius 2 is 1.72 bits per heavy atom. The van der Waals surface area contributed by atoms with Gasteiger partial charge in [-0.1, -0.05) is 26.0 Å². The van der Waals surface area contributed by atoms with Crippen molar-refractivity contribution >= 4 is 16.9 Å². The van der Waals surface area contributed by atoms with Crippen molar-refractivity contribution in [3.63, 3.8) is 0 Å². The molecule has 0 amide bonds. The van der Waals surface area contributed by atoms with Crippen LogP contribution < -0.4 is 10.2 Å². The van der Waals surface area contributed by atoms with Crippen molar-refractivity contribution in [3.05, 3.63) is 30.5 Å². The lowest BCUT2D eigenvalue weighted by Gasteiger charge is -2.28. The minimum Gasteiger partial charge on any atom is -0.353 e. The lowest BCUT2D eigenvalue weighted by Crippen LogP contribution is -2.43. The summed E-state index contributed by atoms with van der Waals surface area (Å²) in [6, 6.07) is 7.98. The molecule has 0 saturated carbocycles. The average Bonchev–Trinajstić information content (AvgIpc) is 2.50. The number of nitrogens with one attached hydrogen (secondary N) is 1. The van der Waals surface area contributed by atoms with Gasteiger partial charge in [-0.25, -0.2) is 4.98 Å². The quantitative estimate of drug-likeness (QED) is 0.833. The van der Waals surface area contributed by atoms with E-state index in [1.54, 1.807) is 0 Å². The van der Waals surface area contributed by atoms with Gasteiger partial charge in [0.15, 0.2) is 0 Å². The van der Waals surface area contributed by atoms with E-state index in [9.17, 15) is 0 Å². The van der Waals surface area contributed by atoms with Crippen LogP contribution in [0.4, 0.5) is 5.82 Å². The highest BCUT2D eigenvalue weighted by atomic mass is 15.2. The summed E-state index contributed by atoms with van der Waals surface area (Å²) in [5.41, 5.74) is 1.93. The first-order valence-electron chi connectivity index (χ1n) is 6.61. The highest BCUT2D eigenvalue weighted by Crippen LogP contribution is 2.15. The second-order valence-corrected chi connectivity index (χ2v) is 3.95. The van der Waals surface area contributed by atoms with Crippen LogP contribution in [0.3, 0.4) is 0 Å². The standard InChI is InChI=1S/C12H14N4.C2H6/c1-2-4-11-10(3-1)14-9-12(15-11)16-7-5-13-6-8-16;1-2/h1-4,9,13H,5-8H2;1-2H3. The van der Waals surface area contributed by atoms with Gasteiger partial charge in [-0.05, 0) is 12.1 Å². The number of fused-ring (bicyclic) bond motifs is 1. The van der Waals surface area contributed by atoms with Crippen molar-refractivity contribution in [2.24, 2.45) is 0 Å². The van der Waals surface area contributed by atoms with Crippen LogP contribution in [0, 0.1) is 0 Å². The minimum absolute atomic E-state index is 0.960. The maximum Gasteiger partial charge on any atom is 0.147 e. The van der Waals surface area contributed by atoms with Crippen molar-refractivity contribution in [2.75, 3.05) is 31.1 Å². The zero-order valence-electron chi connectivity index (χ0n) is 11.1. The fourth-order valence-corrected chi connectivity index (χ4v) is 1.99. The number of benzene rings is 1. The summed E-state index contributed by atoms with van der Waals surface area (Å²) in [5.74, 6) is 0.986. The molecule has 0 unspecified atom stereocenters. The fraction of sp³-hybridized carbons (Fsp3) is 0.429. The number of hydrogen-bond acceptors (Lipinski definition) is 4. The fourth-order valence-electron chi connectivity index (χ4n) is 1.99. The zero-order chi connectivity index (χ0) is 12.8. The van der Waals surface area contributed by atoms with E-state index in [1.165, 1.54) is 0 Å². The van der Waals surface area contributed by atoms with Crippen LogP contribution in [0.5, 0.6) is 0 Å². The van der Waals surface area contributed by atoms with E-state index >= 15 is 0 Å². The van der Waals surface area contributed by atoms with Gasteiger partial charge in [0.05, 0.1) is 17.2 Å².